The minimum atomic E-state index is -2.86. The van der Waals surface area contributed by atoms with Crippen molar-refractivity contribution in [2.45, 2.75) is 97.1 Å². The van der Waals surface area contributed by atoms with Crippen LogP contribution < -0.4 is 5.19 Å². The van der Waals surface area contributed by atoms with Crippen molar-refractivity contribution < 1.29 is 6.73 Å². The van der Waals surface area contributed by atoms with Gasteiger partial charge in [0.2, 0.25) is 0 Å². The Labute approximate surface area is 170 Å². The zero-order valence-corrected chi connectivity index (χ0v) is 22.6. The fraction of sp³-hybridized carbons (Fsp3) is 0.714. The maximum absolute atomic E-state index is 13.4. The number of hydrogen-bond acceptors (Lipinski definition) is 2. The Kier molecular flexibility index (Phi) is 11.3. The first kappa shape index (κ1) is 24.4. The van der Waals surface area contributed by atoms with Gasteiger partial charge in [-0.3, -0.25) is 0 Å². The van der Waals surface area contributed by atoms with E-state index >= 15 is 0 Å². The van der Waals surface area contributed by atoms with Crippen LogP contribution in [0.1, 0.15) is 59.3 Å². The van der Waals surface area contributed by atoms with Gasteiger partial charge in [0.1, 0.15) is 0 Å². The van der Waals surface area contributed by atoms with Crippen LogP contribution in [0.3, 0.4) is 0 Å². The van der Waals surface area contributed by atoms with Gasteiger partial charge in [-0.25, -0.2) is 0 Å². The normalized spacial score (nSPS) is 13.8. The number of unbranched alkanes of at least 4 members (excludes halogenated alkanes) is 3. The molecule has 0 fully saturated rings. The van der Waals surface area contributed by atoms with E-state index in [1.165, 1.54) is 57.0 Å². The Morgan fingerprint density at radius 3 is 1.77 bits per heavy atom. The first-order chi connectivity index (χ1) is 12.3. The first-order valence-corrected chi connectivity index (χ1v) is 22.3. The van der Waals surface area contributed by atoms with Crippen LogP contribution in [0, 0.1) is 0 Å². The summed E-state index contributed by atoms with van der Waals surface area (Å²) in [6, 6.07) is 8.31. The summed E-state index contributed by atoms with van der Waals surface area (Å²) in [7, 11) is -1.54. The summed E-state index contributed by atoms with van der Waals surface area (Å²) < 4.78 is 23.7. The second kappa shape index (κ2) is 12.0. The molecule has 0 aromatic heterocycles. The Hall–Kier alpha value is 0.346. The van der Waals surface area contributed by atoms with E-state index in [1.807, 2.05) is 12.1 Å². The third kappa shape index (κ3) is 7.76. The fourth-order valence-corrected chi connectivity index (χ4v) is 23.5. The van der Waals surface area contributed by atoms with Gasteiger partial charge in [0, 0.05) is 0 Å². The van der Waals surface area contributed by atoms with E-state index < -0.39 is 37.9 Å². The van der Waals surface area contributed by atoms with Crippen LogP contribution in [0.2, 0.25) is 33.0 Å². The van der Waals surface area contributed by atoms with Crippen LogP contribution in [0.4, 0.5) is 0 Å². The van der Waals surface area contributed by atoms with Crippen molar-refractivity contribution in [2.24, 2.45) is 0 Å². The van der Waals surface area contributed by atoms with Gasteiger partial charge in [-0.1, -0.05) is 0 Å². The maximum atomic E-state index is 13.4. The van der Waals surface area contributed by atoms with Crippen molar-refractivity contribution >= 4 is 43.1 Å². The van der Waals surface area contributed by atoms with Gasteiger partial charge in [0.15, 0.2) is 0 Å². The van der Waals surface area contributed by atoms with Crippen molar-refractivity contribution in [3.63, 3.8) is 0 Å². The molecule has 1 unspecified atom stereocenters. The minimum absolute atomic E-state index is 0.956. The van der Waals surface area contributed by atoms with E-state index in [1.54, 1.807) is 0 Å². The number of hydrogen-bond donors (Lipinski definition) is 0. The monoisotopic (exact) mass is 504 g/mol. The summed E-state index contributed by atoms with van der Waals surface area (Å²) in [5, 5.41) is 1.29. The van der Waals surface area contributed by atoms with Crippen molar-refractivity contribution in [1.82, 2.24) is 0 Å². The molecule has 0 heterocycles. The molecule has 0 spiro atoms. The second-order valence-electron chi connectivity index (χ2n) is 8.56. The van der Waals surface area contributed by atoms with Crippen LogP contribution >= 0.6 is 0 Å². The van der Waals surface area contributed by atoms with Gasteiger partial charge in [-0.2, -0.15) is 0 Å². The van der Waals surface area contributed by atoms with E-state index in [9.17, 15) is 4.21 Å². The van der Waals surface area contributed by atoms with Gasteiger partial charge >= 0.3 is 171 Å². The Morgan fingerprint density at radius 2 is 1.35 bits per heavy atom. The number of rotatable bonds is 13. The van der Waals surface area contributed by atoms with Crippen LogP contribution in [0.15, 0.2) is 29.2 Å². The van der Waals surface area contributed by atoms with Crippen LogP contribution in [-0.4, -0.2) is 31.1 Å². The third-order valence-electron chi connectivity index (χ3n) is 5.08. The average Bonchev–Trinajstić information content (AvgIpc) is 2.62. The Bertz CT molecular complexity index is 535. The Balaban J connectivity index is 3.14. The molecule has 0 saturated carbocycles. The van der Waals surface area contributed by atoms with Gasteiger partial charge in [0.05, 0.1) is 0 Å². The summed E-state index contributed by atoms with van der Waals surface area (Å²) in [4.78, 5) is 0.956. The topological polar surface area (TPSA) is 26.3 Å². The summed E-state index contributed by atoms with van der Waals surface area (Å²) >= 11 is -4.15. The van der Waals surface area contributed by atoms with Gasteiger partial charge < -0.3 is 0 Å². The van der Waals surface area contributed by atoms with E-state index in [-0.39, 0.29) is 0 Å². The Morgan fingerprint density at radius 1 is 0.885 bits per heavy atom. The van der Waals surface area contributed by atoms with Crippen LogP contribution in [-0.2, 0) is 13.6 Å². The molecule has 0 bridgehead atoms. The van der Waals surface area contributed by atoms with Gasteiger partial charge in [-0.05, 0) is 0 Å². The molecule has 0 radical (unpaired) electrons. The molecular weight excluding hydrogens is 463 g/mol. The molecule has 1 aromatic carbocycles. The van der Waals surface area contributed by atoms with Crippen molar-refractivity contribution in [1.29, 1.82) is 0 Å². The van der Waals surface area contributed by atoms with Gasteiger partial charge in [0.25, 0.3) is 0 Å². The van der Waals surface area contributed by atoms with E-state index in [2.05, 4.69) is 52.5 Å². The molecule has 1 rings (SSSR count). The van der Waals surface area contributed by atoms with Crippen LogP contribution in [0.25, 0.3) is 0 Å². The zero-order valence-electron chi connectivity index (χ0n) is 17.9. The molecule has 5 heteroatoms. The van der Waals surface area contributed by atoms with Gasteiger partial charge in [-0.15, -0.1) is 0 Å². The first-order valence-electron chi connectivity index (χ1n) is 10.5. The fourth-order valence-electron chi connectivity index (χ4n) is 3.43. The molecule has 150 valence electrons. The molecule has 0 aliphatic heterocycles. The number of benzene rings is 1. The SMILES string of the molecule is CCC[CH2][Sn]([CH2]CCC)([CH2]CCC)[O]S(=O)c1ccccc1[Si](C)(C)C. The predicted octanol–water partition coefficient (Wildman–Crippen LogP) is 6.62. The standard InChI is InChI=1S/C9H14O2SSi.3C4H9.Sn/c1-13(2,3)9-7-5-4-6-8(9)12(10)11;3*1-3-4-2;/h4-7H,1-3H3,(H,10,11);3*1,3-4H2,2H3;/q;;;;+1/p-1. The molecule has 2 nitrogen and oxygen atoms in total. The summed E-state index contributed by atoms with van der Waals surface area (Å²) in [5.41, 5.74) is 0. The van der Waals surface area contributed by atoms with Crippen molar-refractivity contribution in [2.75, 3.05) is 0 Å². The molecule has 0 aliphatic carbocycles. The second-order valence-corrected chi connectivity index (χ2v) is 27.1. The zero-order chi connectivity index (χ0) is 19.6. The third-order valence-corrected chi connectivity index (χ3v) is 23.7. The predicted molar refractivity (Wildman–Crippen MR) is 122 cm³/mol. The quantitative estimate of drug-likeness (QED) is 0.283. The molecule has 0 saturated heterocycles. The van der Waals surface area contributed by atoms with Crippen molar-refractivity contribution in [3.8, 4) is 0 Å². The molecule has 0 N–H and O–H groups in total. The van der Waals surface area contributed by atoms with E-state index in [0.717, 1.165) is 4.90 Å². The molecule has 26 heavy (non-hydrogen) atoms. The van der Waals surface area contributed by atoms with E-state index in [4.69, 9.17) is 2.52 Å². The summed E-state index contributed by atoms with van der Waals surface area (Å²) in [6.07, 6.45) is 7.32. The molecule has 0 amide bonds. The molecule has 1 aromatic rings. The average molecular weight is 503 g/mol. The molecule has 1 atom stereocenters. The van der Waals surface area contributed by atoms with Crippen LogP contribution in [0.5, 0.6) is 0 Å². The molecular formula is C21H40O2SSiSn. The summed E-state index contributed by atoms with van der Waals surface area (Å²) in [5.74, 6) is 0. The van der Waals surface area contributed by atoms with Crippen molar-refractivity contribution in [3.05, 3.63) is 24.3 Å². The van der Waals surface area contributed by atoms with E-state index in [0.29, 0.717) is 0 Å². The summed E-state index contributed by atoms with van der Waals surface area (Å²) in [6.45, 7) is 13.7. The molecule has 0 aliphatic rings.